The van der Waals surface area contributed by atoms with Gasteiger partial charge in [0.05, 0.1) is 0 Å². The number of nitrogens with zero attached hydrogens (tertiary/aromatic N) is 1. The van der Waals surface area contributed by atoms with Gasteiger partial charge in [-0.15, -0.1) is 12.4 Å². The molecule has 2 N–H and O–H groups in total. The second-order valence-electron chi connectivity index (χ2n) is 7.61. The highest BCUT2D eigenvalue weighted by molar-refractivity contribution is 5.91. The van der Waals surface area contributed by atoms with Crippen LogP contribution in [0.15, 0.2) is 24.3 Å². The zero-order chi connectivity index (χ0) is 19.2. The molecule has 1 aromatic rings. The molecule has 2 bridgehead atoms. The number of carbonyl (C=O) groups excluding carboxylic acids is 2. The van der Waals surface area contributed by atoms with Crippen LogP contribution >= 0.6 is 12.4 Å². The third-order valence-electron chi connectivity index (χ3n) is 5.64. The van der Waals surface area contributed by atoms with Gasteiger partial charge in [-0.25, -0.2) is 0 Å². The molecule has 2 atom stereocenters. The van der Waals surface area contributed by atoms with E-state index in [1.807, 2.05) is 26.0 Å². The van der Waals surface area contributed by atoms with Gasteiger partial charge in [0.15, 0.2) is 6.61 Å². The first-order chi connectivity index (χ1) is 13.1. The van der Waals surface area contributed by atoms with E-state index in [4.69, 9.17) is 4.74 Å². The summed E-state index contributed by atoms with van der Waals surface area (Å²) in [6.45, 7) is 5.26. The molecule has 2 aliphatic heterocycles. The van der Waals surface area contributed by atoms with Crippen LogP contribution in [0.1, 0.15) is 46.0 Å². The lowest BCUT2D eigenvalue weighted by atomic mass is 9.89. The van der Waals surface area contributed by atoms with E-state index in [9.17, 15) is 9.59 Å². The van der Waals surface area contributed by atoms with Gasteiger partial charge < -0.3 is 20.3 Å². The predicted molar refractivity (Wildman–Crippen MR) is 113 cm³/mol. The number of rotatable bonds is 8. The van der Waals surface area contributed by atoms with E-state index in [-0.39, 0.29) is 30.8 Å². The number of amides is 2. The molecule has 156 valence electrons. The number of hydrogen-bond acceptors (Lipinski definition) is 4. The highest BCUT2D eigenvalue weighted by Gasteiger charge is 2.34. The van der Waals surface area contributed by atoms with Crippen LogP contribution in [-0.2, 0) is 9.59 Å². The van der Waals surface area contributed by atoms with Crippen LogP contribution in [0.25, 0.3) is 0 Å². The molecule has 0 radical (unpaired) electrons. The van der Waals surface area contributed by atoms with Gasteiger partial charge in [0.25, 0.3) is 5.91 Å². The molecule has 6 nitrogen and oxygen atoms in total. The predicted octanol–water partition coefficient (Wildman–Crippen LogP) is 3.21. The highest BCUT2D eigenvalue weighted by atomic mass is 35.5. The number of benzene rings is 1. The van der Waals surface area contributed by atoms with Crippen molar-refractivity contribution in [2.24, 2.45) is 5.92 Å². The lowest BCUT2D eigenvalue weighted by molar-refractivity contribution is -0.133. The van der Waals surface area contributed by atoms with Crippen molar-refractivity contribution in [1.29, 1.82) is 0 Å². The maximum Gasteiger partial charge on any atom is 0.260 e. The first kappa shape index (κ1) is 22.5. The molecule has 2 unspecified atom stereocenters. The lowest BCUT2D eigenvalue weighted by Gasteiger charge is -2.28. The maximum atomic E-state index is 12.4. The van der Waals surface area contributed by atoms with Gasteiger partial charge >= 0.3 is 0 Å². The Balaban J connectivity index is 0.00000280. The first-order valence-corrected chi connectivity index (χ1v) is 10.1. The van der Waals surface area contributed by atoms with Gasteiger partial charge in [-0.1, -0.05) is 6.07 Å². The summed E-state index contributed by atoms with van der Waals surface area (Å²) < 4.78 is 5.61. The van der Waals surface area contributed by atoms with Gasteiger partial charge in [-0.3, -0.25) is 9.59 Å². The van der Waals surface area contributed by atoms with E-state index in [0.29, 0.717) is 48.9 Å². The van der Waals surface area contributed by atoms with Crippen molar-refractivity contribution in [1.82, 2.24) is 10.2 Å². The lowest BCUT2D eigenvalue weighted by Crippen LogP contribution is -2.39. The van der Waals surface area contributed by atoms with Crippen LogP contribution in [0.5, 0.6) is 5.75 Å². The monoisotopic (exact) mass is 409 g/mol. The molecule has 2 aliphatic rings. The molecule has 2 saturated heterocycles. The molecule has 2 heterocycles. The van der Waals surface area contributed by atoms with Crippen LogP contribution in [0.4, 0.5) is 5.69 Å². The molecule has 28 heavy (non-hydrogen) atoms. The second kappa shape index (κ2) is 10.7. The Hall–Kier alpha value is -1.79. The highest BCUT2D eigenvalue weighted by Crippen LogP contribution is 2.32. The fourth-order valence-corrected chi connectivity index (χ4v) is 4.29. The Bertz CT molecular complexity index is 654. The normalized spacial score (nSPS) is 22.9. The van der Waals surface area contributed by atoms with Crippen molar-refractivity contribution < 1.29 is 14.3 Å². The number of nitrogens with one attached hydrogen (secondary N) is 2. The summed E-state index contributed by atoms with van der Waals surface area (Å²) in [4.78, 5) is 26.2. The third kappa shape index (κ3) is 6.11. The third-order valence-corrected chi connectivity index (χ3v) is 5.64. The fraction of sp³-hybridized carbons (Fsp3) is 0.619. The molecule has 0 spiro atoms. The largest absolute Gasteiger partial charge is 0.484 e. The van der Waals surface area contributed by atoms with Crippen LogP contribution in [0.3, 0.4) is 0 Å². The van der Waals surface area contributed by atoms with Crippen molar-refractivity contribution in [2.75, 3.05) is 25.0 Å². The molecule has 2 fully saturated rings. The van der Waals surface area contributed by atoms with Gasteiger partial charge in [0, 0.05) is 43.3 Å². The SMILES string of the molecule is CCN(CC)C(=O)COc1cccc(NC(=O)CC2CC3CCC(C2)N3)c1.Cl. The Morgan fingerprint density at radius 3 is 2.50 bits per heavy atom. The Morgan fingerprint density at radius 2 is 1.86 bits per heavy atom. The van der Waals surface area contributed by atoms with Gasteiger partial charge in [0.1, 0.15) is 5.75 Å². The summed E-state index contributed by atoms with van der Waals surface area (Å²) in [5, 5.41) is 6.59. The molecule has 2 amide bonds. The smallest absolute Gasteiger partial charge is 0.260 e. The van der Waals surface area contributed by atoms with E-state index in [2.05, 4.69) is 10.6 Å². The topological polar surface area (TPSA) is 70.7 Å². The zero-order valence-electron chi connectivity index (χ0n) is 16.8. The average molecular weight is 410 g/mol. The van der Waals surface area contributed by atoms with E-state index in [0.717, 1.165) is 12.8 Å². The molecule has 0 saturated carbocycles. The number of anilines is 1. The molecular weight excluding hydrogens is 378 g/mol. The van der Waals surface area contributed by atoms with Gasteiger partial charge in [-0.05, 0) is 57.6 Å². The van der Waals surface area contributed by atoms with E-state index < -0.39 is 0 Å². The number of ether oxygens (including phenoxy) is 1. The second-order valence-corrected chi connectivity index (χ2v) is 7.61. The molecule has 1 aromatic carbocycles. The number of likely N-dealkylation sites (N-methyl/N-ethyl adjacent to an activating group) is 1. The summed E-state index contributed by atoms with van der Waals surface area (Å²) in [6, 6.07) is 8.46. The molecule has 7 heteroatoms. The van der Waals surface area contributed by atoms with E-state index in [1.54, 1.807) is 17.0 Å². The van der Waals surface area contributed by atoms with Crippen molar-refractivity contribution in [2.45, 2.75) is 58.0 Å². The maximum absolute atomic E-state index is 12.4. The average Bonchev–Trinajstić information content (AvgIpc) is 2.99. The minimum Gasteiger partial charge on any atom is -0.484 e. The summed E-state index contributed by atoms with van der Waals surface area (Å²) >= 11 is 0. The van der Waals surface area contributed by atoms with Crippen LogP contribution in [0, 0.1) is 5.92 Å². The zero-order valence-corrected chi connectivity index (χ0v) is 17.6. The number of piperidine rings is 1. The Kier molecular flexibility index (Phi) is 8.58. The summed E-state index contributed by atoms with van der Waals surface area (Å²) in [7, 11) is 0. The molecular formula is C21H32ClN3O3. The van der Waals surface area contributed by atoms with Crippen LogP contribution < -0.4 is 15.4 Å². The quantitative estimate of drug-likeness (QED) is 0.691. The number of halogens is 1. The van der Waals surface area contributed by atoms with Crippen molar-refractivity contribution in [3.8, 4) is 5.75 Å². The van der Waals surface area contributed by atoms with Crippen LogP contribution in [-0.4, -0.2) is 48.5 Å². The standard InChI is InChI=1S/C21H31N3O3.ClH/c1-3-24(4-2)21(26)14-27-19-7-5-6-16(13-19)23-20(25)12-15-10-17-8-9-18(11-15)22-17;/h5-7,13,15,17-18,22H,3-4,8-12,14H2,1-2H3,(H,23,25);1H. The van der Waals surface area contributed by atoms with Crippen molar-refractivity contribution >= 4 is 29.9 Å². The molecule has 0 aromatic heterocycles. The van der Waals surface area contributed by atoms with Gasteiger partial charge in [-0.2, -0.15) is 0 Å². The fourth-order valence-electron chi connectivity index (χ4n) is 4.29. The van der Waals surface area contributed by atoms with Gasteiger partial charge in [0.2, 0.25) is 5.91 Å². The van der Waals surface area contributed by atoms with E-state index in [1.165, 1.54) is 12.8 Å². The summed E-state index contributed by atoms with van der Waals surface area (Å²) in [5.74, 6) is 1.08. The first-order valence-electron chi connectivity index (χ1n) is 10.1. The summed E-state index contributed by atoms with van der Waals surface area (Å²) in [6.07, 6.45) is 5.25. The van der Waals surface area contributed by atoms with Crippen molar-refractivity contribution in [3.05, 3.63) is 24.3 Å². The minimum atomic E-state index is -0.0324. The van der Waals surface area contributed by atoms with Crippen LogP contribution in [0.2, 0.25) is 0 Å². The minimum absolute atomic E-state index is 0. The van der Waals surface area contributed by atoms with Crippen molar-refractivity contribution in [3.63, 3.8) is 0 Å². The van der Waals surface area contributed by atoms with E-state index >= 15 is 0 Å². The number of fused-ring (bicyclic) bond motifs is 2. The molecule has 0 aliphatic carbocycles. The number of carbonyl (C=O) groups is 2. The number of hydrogen-bond donors (Lipinski definition) is 2. The summed E-state index contributed by atoms with van der Waals surface area (Å²) in [5.41, 5.74) is 0.713. The Labute approximate surface area is 173 Å². The molecule has 3 rings (SSSR count). The Morgan fingerprint density at radius 1 is 1.18 bits per heavy atom.